The maximum atomic E-state index is 11.0. The van der Waals surface area contributed by atoms with Gasteiger partial charge in [0.1, 0.15) is 0 Å². The lowest BCUT2D eigenvalue weighted by Gasteiger charge is -2.26. The van der Waals surface area contributed by atoms with E-state index in [1.54, 1.807) is 0 Å². The first-order valence-electron chi connectivity index (χ1n) is 6.52. The van der Waals surface area contributed by atoms with Crippen LogP contribution in [0.5, 0.6) is 5.75 Å². The maximum Gasteiger partial charge on any atom is 0.312 e. The summed E-state index contributed by atoms with van der Waals surface area (Å²) in [7, 11) is 0. The van der Waals surface area contributed by atoms with Crippen molar-refractivity contribution in [2.45, 2.75) is 25.7 Å². The summed E-state index contributed by atoms with van der Waals surface area (Å²) < 4.78 is 5.68. The molecular formula is C14H16N2O3S. The Labute approximate surface area is 123 Å². The summed E-state index contributed by atoms with van der Waals surface area (Å²) in [6, 6.07) is 6.17. The van der Waals surface area contributed by atoms with Gasteiger partial charge in [-0.25, -0.2) is 0 Å². The molecular weight excluding hydrogens is 276 g/mol. The molecule has 0 unspecified atom stereocenters. The molecule has 0 atom stereocenters. The normalized spacial score (nSPS) is 16.6. The predicted molar refractivity (Wildman–Crippen MR) is 78.1 cm³/mol. The van der Waals surface area contributed by atoms with Gasteiger partial charge in [0, 0.05) is 11.5 Å². The Morgan fingerprint density at radius 2 is 2.15 bits per heavy atom. The highest BCUT2D eigenvalue weighted by Crippen LogP contribution is 2.40. The van der Waals surface area contributed by atoms with Crippen molar-refractivity contribution >= 4 is 18.3 Å². The molecule has 0 spiro atoms. The predicted octanol–water partition coefficient (Wildman–Crippen LogP) is 3.34. The molecule has 0 aliphatic heterocycles. The summed E-state index contributed by atoms with van der Waals surface area (Å²) in [5.74, 6) is 0.943. The fourth-order valence-electron chi connectivity index (χ4n) is 2.56. The van der Waals surface area contributed by atoms with Crippen LogP contribution in [0.3, 0.4) is 0 Å². The molecule has 1 aliphatic carbocycles. The van der Waals surface area contributed by atoms with Crippen molar-refractivity contribution in [1.82, 2.24) is 0 Å². The van der Waals surface area contributed by atoms with E-state index >= 15 is 0 Å². The average molecular weight is 292 g/mol. The lowest BCUT2D eigenvalue weighted by Crippen LogP contribution is -2.27. The summed E-state index contributed by atoms with van der Waals surface area (Å²) in [5, 5.41) is 19.8. The van der Waals surface area contributed by atoms with Crippen molar-refractivity contribution in [1.29, 1.82) is 5.26 Å². The zero-order valence-electron chi connectivity index (χ0n) is 11.0. The number of nitro groups is 1. The van der Waals surface area contributed by atoms with Crippen LogP contribution >= 0.6 is 12.6 Å². The van der Waals surface area contributed by atoms with Crippen LogP contribution in [0.15, 0.2) is 18.2 Å². The van der Waals surface area contributed by atoms with Crippen molar-refractivity contribution in [3.05, 3.63) is 33.9 Å². The first kappa shape index (κ1) is 14.7. The van der Waals surface area contributed by atoms with Gasteiger partial charge in [-0.05, 0) is 30.7 Å². The van der Waals surface area contributed by atoms with Crippen LogP contribution in [0, 0.1) is 26.9 Å². The molecule has 2 rings (SSSR count). The highest BCUT2D eigenvalue weighted by Gasteiger charge is 2.34. The highest BCUT2D eigenvalue weighted by molar-refractivity contribution is 7.80. The van der Waals surface area contributed by atoms with Crippen LogP contribution in [0.4, 0.5) is 5.69 Å². The van der Waals surface area contributed by atoms with Crippen LogP contribution < -0.4 is 4.74 Å². The summed E-state index contributed by atoms with van der Waals surface area (Å²) in [6.45, 7) is 0.434. The molecule has 0 radical (unpaired) electrons. The van der Waals surface area contributed by atoms with Crippen molar-refractivity contribution in [2.24, 2.45) is 5.41 Å². The van der Waals surface area contributed by atoms with E-state index in [1.165, 1.54) is 18.2 Å². The second-order valence-corrected chi connectivity index (χ2v) is 5.52. The quantitative estimate of drug-likeness (QED) is 0.513. The molecule has 1 aromatic rings. The Morgan fingerprint density at radius 1 is 1.45 bits per heavy atom. The van der Waals surface area contributed by atoms with E-state index in [2.05, 4.69) is 12.6 Å². The second kappa shape index (κ2) is 6.14. The molecule has 1 aromatic carbocycles. The molecule has 1 saturated carbocycles. The zero-order chi connectivity index (χ0) is 14.6. The third-order valence-corrected chi connectivity index (χ3v) is 4.49. The minimum Gasteiger partial charge on any atom is -0.486 e. The van der Waals surface area contributed by atoms with Crippen LogP contribution in [0.2, 0.25) is 0 Å². The number of benzene rings is 1. The number of nitrogens with zero attached hydrogens (tertiary/aromatic N) is 2. The van der Waals surface area contributed by atoms with Gasteiger partial charge in [0.25, 0.3) is 0 Å². The summed E-state index contributed by atoms with van der Waals surface area (Å²) in [6.07, 6.45) is 4.39. The van der Waals surface area contributed by atoms with E-state index < -0.39 is 4.92 Å². The first-order valence-corrected chi connectivity index (χ1v) is 7.16. The van der Waals surface area contributed by atoms with E-state index in [9.17, 15) is 10.1 Å². The van der Waals surface area contributed by atoms with Crippen molar-refractivity contribution < 1.29 is 9.66 Å². The highest BCUT2D eigenvalue weighted by atomic mass is 32.1. The Morgan fingerprint density at radius 3 is 2.70 bits per heavy atom. The minimum absolute atomic E-state index is 0.0187. The molecule has 1 aliphatic rings. The fourth-order valence-corrected chi connectivity index (χ4v) is 2.96. The van der Waals surface area contributed by atoms with Crippen molar-refractivity contribution in [3.63, 3.8) is 0 Å². The lowest BCUT2D eigenvalue weighted by atomic mass is 9.90. The second-order valence-electron chi connectivity index (χ2n) is 5.21. The van der Waals surface area contributed by atoms with Crippen molar-refractivity contribution in [2.75, 3.05) is 12.4 Å². The average Bonchev–Trinajstić information content (AvgIpc) is 2.94. The van der Waals surface area contributed by atoms with Gasteiger partial charge in [0.2, 0.25) is 0 Å². The number of nitro benzene ring substituents is 1. The van der Waals surface area contributed by atoms with E-state index in [1.807, 2.05) is 6.07 Å². The first-order chi connectivity index (χ1) is 9.60. The SMILES string of the molecule is N#Cc1ccc(OCC2(CS)CCCC2)c([N+](=O)[O-])c1. The third kappa shape index (κ3) is 3.05. The molecule has 0 bridgehead atoms. The van der Waals surface area contributed by atoms with Crippen LogP contribution in [-0.4, -0.2) is 17.3 Å². The molecule has 5 nitrogen and oxygen atoms in total. The van der Waals surface area contributed by atoms with E-state index in [0.29, 0.717) is 6.61 Å². The Kier molecular flexibility index (Phi) is 4.50. The summed E-state index contributed by atoms with van der Waals surface area (Å²) >= 11 is 4.39. The topological polar surface area (TPSA) is 76.2 Å². The number of nitriles is 1. The Hall–Kier alpha value is -1.74. The summed E-state index contributed by atoms with van der Waals surface area (Å²) in [5.41, 5.74) is 0.121. The van der Waals surface area contributed by atoms with Gasteiger partial charge in [0.15, 0.2) is 5.75 Å². The molecule has 1 fully saturated rings. The molecule has 0 N–H and O–H groups in total. The van der Waals surface area contributed by atoms with Gasteiger partial charge < -0.3 is 4.74 Å². The molecule has 0 heterocycles. The number of rotatable bonds is 5. The van der Waals surface area contributed by atoms with Crippen molar-refractivity contribution in [3.8, 4) is 11.8 Å². The number of hydrogen-bond acceptors (Lipinski definition) is 5. The molecule has 0 aromatic heterocycles. The zero-order valence-corrected chi connectivity index (χ0v) is 11.9. The smallest absolute Gasteiger partial charge is 0.312 e. The molecule has 106 valence electrons. The Bertz CT molecular complexity index is 548. The van der Waals surface area contributed by atoms with Crippen LogP contribution in [0.1, 0.15) is 31.2 Å². The van der Waals surface area contributed by atoms with Gasteiger partial charge in [0.05, 0.1) is 23.2 Å². The van der Waals surface area contributed by atoms with Crippen LogP contribution in [-0.2, 0) is 0 Å². The third-order valence-electron chi connectivity index (χ3n) is 3.82. The Balaban J connectivity index is 2.17. The molecule has 0 saturated heterocycles. The van der Waals surface area contributed by atoms with Gasteiger partial charge in [-0.15, -0.1) is 0 Å². The fraction of sp³-hybridized carbons (Fsp3) is 0.500. The standard InChI is InChI=1S/C14H16N2O3S/c15-8-11-3-4-13(12(7-11)16(17)18)19-9-14(10-20)5-1-2-6-14/h3-4,7,20H,1-2,5-6,9-10H2. The molecule has 6 heteroatoms. The number of hydrogen-bond donors (Lipinski definition) is 1. The van der Waals surface area contributed by atoms with E-state index in [4.69, 9.17) is 10.00 Å². The number of thiol groups is 1. The monoisotopic (exact) mass is 292 g/mol. The minimum atomic E-state index is -0.516. The molecule has 20 heavy (non-hydrogen) atoms. The van der Waals surface area contributed by atoms with Gasteiger partial charge in [-0.2, -0.15) is 17.9 Å². The van der Waals surface area contributed by atoms with Gasteiger partial charge in [-0.1, -0.05) is 12.8 Å². The number of ether oxygens (including phenoxy) is 1. The maximum absolute atomic E-state index is 11.0. The van der Waals surface area contributed by atoms with Gasteiger partial charge >= 0.3 is 5.69 Å². The lowest BCUT2D eigenvalue weighted by molar-refractivity contribution is -0.386. The van der Waals surface area contributed by atoms with Gasteiger partial charge in [-0.3, -0.25) is 10.1 Å². The van der Waals surface area contributed by atoms with E-state index in [0.717, 1.165) is 31.4 Å². The van der Waals surface area contributed by atoms with E-state index in [-0.39, 0.29) is 22.4 Å². The summed E-state index contributed by atoms with van der Waals surface area (Å²) in [4.78, 5) is 10.5. The molecule has 0 amide bonds. The van der Waals surface area contributed by atoms with Crippen LogP contribution in [0.25, 0.3) is 0 Å². The largest absolute Gasteiger partial charge is 0.486 e.